The number of benzene rings is 1. The molecule has 19 heavy (non-hydrogen) atoms. The van der Waals surface area contributed by atoms with Crippen molar-refractivity contribution in [3.8, 4) is 0 Å². The third-order valence-corrected chi connectivity index (χ3v) is 3.25. The SMILES string of the molecule is c1cnn(CCCNCc2ccc3[nH]ccc3c2)c1. The fourth-order valence-corrected chi connectivity index (χ4v) is 2.24. The Morgan fingerprint density at radius 3 is 3.16 bits per heavy atom. The van der Waals surface area contributed by atoms with Crippen molar-refractivity contribution in [1.29, 1.82) is 0 Å². The molecule has 0 fully saturated rings. The predicted octanol–water partition coefficient (Wildman–Crippen LogP) is 2.54. The van der Waals surface area contributed by atoms with E-state index in [1.54, 1.807) is 0 Å². The van der Waals surface area contributed by atoms with E-state index in [4.69, 9.17) is 0 Å². The molecule has 0 aliphatic carbocycles. The molecule has 3 rings (SSSR count). The van der Waals surface area contributed by atoms with Crippen LogP contribution < -0.4 is 5.32 Å². The van der Waals surface area contributed by atoms with E-state index in [0.29, 0.717) is 0 Å². The van der Waals surface area contributed by atoms with Crippen LogP contribution in [0, 0.1) is 0 Å². The molecule has 0 atom stereocenters. The van der Waals surface area contributed by atoms with E-state index >= 15 is 0 Å². The number of H-pyrrole nitrogens is 1. The van der Waals surface area contributed by atoms with Gasteiger partial charge in [-0.2, -0.15) is 5.10 Å². The Labute approximate surface area is 112 Å². The van der Waals surface area contributed by atoms with E-state index in [1.165, 1.54) is 16.5 Å². The Kier molecular flexibility index (Phi) is 3.61. The number of aromatic nitrogens is 3. The van der Waals surface area contributed by atoms with Crippen molar-refractivity contribution in [3.05, 3.63) is 54.5 Å². The third kappa shape index (κ3) is 3.03. The van der Waals surface area contributed by atoms with Gasteiger partial charge < -0.3 is 10.3 Å². The third-order valence-electron chi connectivity index (χ3n) is 3.25. The molecule has 0 spiro atoms. The molecule has 0 saturated carbocycles. The van der Waals surface area contributed by atoms with Crippen molar-refractivity contribution < 1.29 is 0 Å². The summed E-state index contributed by atoms with van der Waals surface area (Å²) in [6, 6.07) is 10.6. The van der Waals surface area contributed by atoms with Crippen molar-refractivity contribution in [3.63, 3.8) is 0 Å². The maximum Gasteiger partial charge on any atom is 0.0489 e. The van der Waals surface area contributed by atoms with Gasteiger partial charge in [-0.1, -0.05) is 6.07 Å². The molecule has 2 aromatic heterocycles. The maximum atomic E-state index is 4.19. The lowest BCUT2D eigenvalue weighted by atomic mass is 10.1. The second-order valence-corrected chi connectivity index (χ2v) is 4.70. The Hall–Kier alpha value is -2.07. The van der Waals surface area contributed by atoms with Gasteiger partial charge in [-0.25, -0.2) is 0 Å². The monoisotopic (exact) mass is 254 g/mol. The van der Waals surface area contributed by atoms with Crippen molar-refractivity contribution in [2.75, 3.05) is 6.54 Å². The average molecular weight is 254 g/mol. The number of rotatable bonds is 6. The first kappa shape index (κ1) is 12.0. The molecule has 4 nitrogen and oxygen atoms in total. The lowest BCUT2D eigenvalue weighted by Gasteiger charge is -2.05. The number of hydrogen-bond acceptors (Lipinski definition) is 2. The lowest BCUT2D eigenvalue weighted by molar-refractivity contribution is 0.543. The largest absolute Gasteiger partial charge is 0.361 e. The molecule has 3 aromatic rings. The summed E-state index contributed by atoms with van der Waals surface area (Å²) in [4.78, 5) is 3.21. The molecule has 0 aliphatic rings. The first-order valence-electron chi connectivity index (χ1n) is 6.66. The average Bonchev–Trinajstić information content (AvgIpc) is 3.08. The minimum Gasteiger partial charge on any atom is -0.361 e. The quantitative estimate of drug-likeness (QED) is 0.664. The Bertz CT molecular complexity index is 624. The molecular formula is C15H18N4. The molecule has 0 saturated heterocycles. The number of nitrogens with zero attached hydrogens (tertiary/aromatic N) is 2. The molecule has 4 heteroatoms. The van der Waals surface area contributed by atoms with E-state index in [2.05, 4.69) is 39.7 Å². The van der Waals surface area contributed by atoms with Crippen LogP contribution in [0.4, 0.5) is 0 Å². The zero-order valence-electron chi connectivity index (χ0n) is 10.8. The smallest absolute Gasteiger partial charge is 0.0489 e. The number of aryl methyl sites for hydroxylation is 1. The van der Waals surface area contributed by atoms with E-state index in [0.717, 1.165) is 26.1 Å². The highest BCUT2D eigenvalue weighted by Gasteiger charge is 1.97. The van der Waals surface area contributed by atoms with Crippen LogP contribution in [0.2, 0.25) is 0 Å². The summed E-state index contributed by atoms with van der Waals surface area (Å²) in [7, 11) is 0. The number of nitrogens with one attached hydrogen (secondary N) is 2. The van der Waals surface area contributed by atoms with E-state index < -0.39 is 0 Å². The topological polar surface area (TPSA) is 45.6 Å². The predicted molar refractivity (Wildman–Crippen MR) is 76.8 cm³/mol. The summed E-state index contributed by atoms with van der Waals surface area (Å²) in [6.07, 6.45) is 6.89. The van der Waals surface area contributed by atoms with Gasteiger partial charge in [0.05, 0.1) is 0 Å². The highest BCUT2D eigenvalue weighted by atomic mass is 15.3. The van der Waals surface area contributed by atoms with E-state index in [1.807, 2.05) is 29.3 Å². The van der Waals surface area contributed by atoms with Gasteiger partial charge in [0.2, 0.25) is 0 Å². The molecular weight excluding hydrogens is 236 g/mol. The number of aromatic amines is 1. The van der Waals surface area contributed by atoms with E-state index in [-0.39, 0.29) is 0 Å². The van der Waals surface area contributed by atoms with Gasteiger partial charge in [0.1, 0.15) is 0 Å². The second-order valence-electron chi connectivity index (χ2n) is 4.70. The van der Waals surface area contributed by atoms with Crippen LogP contribution in [0.15, 0.2) is 48.9 Å². The van der Waals surface area contributed by atoms with Crippen molar-refractivity contribution >= 4 is 10.9 Å². The summed E-state index contributed by atoms with van der Waals surface area (Å²) in [6.45, 7) is 2.89. The van der Waals surface area contributed by atoms with Gasteiger partial charge >= 0.3 is 0 Å². The highest BCUT2D eigenvalue weighted by Crippen LogP contribution is 2.13. The molecule has 0 aliphatic heterocycles. The van der Waals surface area contributed by atoms with Gasteiger partial charge in [0.15, 0.2) is 0 Å². The highest BCUT2D eigenvalue weighted by molar-refractivity contribution is 5.79. The van der Waals surface area contributed by atoms with Crippen molar-refractivity contribution in [1.82, 2.24) is 20.1 Å². The summed E-state index contributed by atoms with van der Waals surface area (Å²) >= 11 is 0. The zero-order valence-corrected chi connectivity index (χ0v) is 10.8. The lowest BCUT2D eigenvalue weighted by Crippen LogP contribution is -2.16. The molecule has 0 radical (unpaired) electrons. The van der Waals surface area contributed by atoms with Crippen LogP contribution in [-0.4, -0.2) is 21.3 Å². The fourth-order valence-electron chi connectivity index (χ4n) is 2.24. The number of hydrogen-bond donors (Lipinski definition) is 2. The van der Waals surface area contributed by atoms with Crippen molar-refractivity contribution in [2.24, 2.45) is 0 Å². The Morgan fingerprint density at radius 2 is 2.26 bits per heavy atom. The first-order valence-corrected chi connectivity index (χ1v) is 6.66. The fraction of sp³-hybridized carbons (Fsp3) is 0.267. The zero-order chi connectivity index (χ0) is 12.9. The normalized spacial score (nSPS) is 11.2. The van der Waals surface area contributed by atoms with Gasteiger partial charge in [0, 0.05) is 37.2 Å². The summed E-state index contributed by atoms with van der Waals surface area (Å²) in [5.74, 6) is 0. The molecule has 2 heterocycles. The molecule has 0 amide bonds. The summed E-state index contributed by atoms with van der Waals surface area (Å²) < 4.78 is 1.97. The van der Waals surface area contributed by atoms with Crippen LogP contribution in [0.1, 0.15) is 12.0 Å². The molecule has 2 N–H and O–H groups in total. The molecule has 0 bridgehead atoms. The minimum atomic E-state index is 0.917. The van der Waals surface area contributed by atoms with Crippen LogP contribution in [-0.2, 0) is 13.1 Å². The Morgan fingerprint density at radius 1 is 1.26 bits per heavy atom. The standard InChI is InChI=1S/C15H18N4/c1(9-19-10-2-7-18-19)6-16-12-13-3-4-15-14(11-13)5-8-17-15/h2-5,7-8,10-11,16-17H,1,6,9,12H2. The van der Waals surface area contributed by atoms with Crippen LogP contribution in [0.5, 0.6) is 0 Å². The molecule has 1 aromatic carbocycles. The van der Waals surface area contributed by atoms with Gasteiger partial charge in [-0.05, 0) is 48.2 Å². The summed E-state index contributed by atoms with van der Waals surface area (Å²) in [5.41, 5.74) is 2.52. The Balaban J connectivity index is 1.44. The van der Waals surface area contributed by atoms with Crippen LogP contribution in [0.3, 0.4) is 0 Å². The van der Waals surface area contributed by atoms with Gasteiger partial charge in [-0.3, -0.25) is 4.68 Å². The van der Waals surface area contributed by atoms with Crippen molar-refractivity contribution in [2.45, 2.75) is 19.5 Å². The second kappa shape index (κ2) is 5.71. The summed E-state index contributed by atoms with van der Waals surface area (Å²) in [5, 5.41) is 8.93. The maximum absolute atomic E-state index is 4.19. The van der Waals surface area contributed by atoms with Gasteiger partial charge in [-0.15, -0.1) is 0 Å². The van der Waals surface area contributed by atoms with Crippen LogP contribution >= 0.6 is 0 Å². The van der Waals surface area contributed by atoms with Gasteiger partial charge in [0.25, 0.3) is 0 Å². The van der Waals surface area contributed by atoms with Crippen LogP contribution in [0.25, 0.3) is 10.9 Å². The first-order chi connectivity index (χ1) is 9.42. The minimum absolute atomic E-state index is 0.917. The molecule has 0 unspecified atom stereocenters. The van der Waals surface area contributed by atoms with E-state index in [9.17, 15) is 0 Å². The molecule has 98 valence electrons. The number of fused-ring (bicyclic) bond motifs is 1.